The summed E-state index contributed by atoms with van der Waals surface area (Å²) in [6.45, 7) is 1.36. The van der Waals surface area contributed by atoms with Gasteiger partial charge in [0, 0.05) is 12.2 Å². The third-order valence-corrected chi connectivity index (χ3v) is 3.62. The van der Waals surface area contributed by atoms with Gasteiger partial charge in [-0.3, -0.25) is 4.79 Å². The Morgan fingerprint density at radius 3 is 2.78 bits per heavy atom. The summed E-state index contributed by atoms with van der Waals surface area (Å²) in [5, 5.41) is 2.76. The van der Waals surface area contributed by atoms with Crippen molar-refractivity contribution in [1.29, 1.82) is 0 Å². The highest BCUT2D eigenvalue weighted by atomic mass is 16.5. The topological polar surface area (TPSA) is 86.5 Å². The van der Waals surface area contributed by atoms with Crippen LogP contribution in [0.25, 0.3) is 0 Å². The van der Waals surface area contributed by atoms with E-state index in [1.54, 1.807) is 36.4 Å². The zero-order valence-corrected chi connectivity index (χ0v) is 12.7. The van der Waals surface area contributed by atoms with Crippen LogP contribution < -0.4 is 15.8 Å². The molecule has 1 aliphatic heterocycles. The molecule has 1 fully saturated rings. The Morgan fingerprint density at radius 2 is 2.13 bits per heavy atom. The summed E-state index contributed by atoms with van der Waals surface area (Å²) in [5.41, 5.74) is 6.66. The van der Waals surface area contributed by atoms with Gasteiger partial charge >= 0.3 is 0 Å². The molecular weight excluding hydrogens is 294 g/mol. The van der Waals surface area contributed by atoms with E-state index < -0.39 is 0 Å². The SMILES string of the molecule is Nc1ccc(NC(=O)c2ccc(OCC3CCCO3)cc2)cn1. The molecule has 1 atom stereocenters. The summed E-state index contributed by atoms with van der Waals surface area (Å²) >= 11 is 0. The Hall–Kier alpha value is -2.60. The third kappa shape index (κ3) is 4.20. The highest BCUT2D eigenvalue weighted by molar-refractivity contribution is 6.04. The predicted molar refractivity (Wildman–Crippen MR) is 87.5 cm³/mol. The Balaban J connectivity index is 1.55. The van der Waals surface area contributed by atoms with E-state index in [2.05, 4.69) is 10.3 Å². The Bertz CT molecular complexity index is 650. The normalized spacial score (nSPS) is 17.0. The van der Waals surface area contributed by atoms with Crippen molar-refractivity contribution in [3.63, 3.8) is 0 Å². The highest BCUT2D eigenvalue weighted by Gasteiger charge is 2.16. The summed E-state index contributed by atoms with van der Waals surface area (Å²) in [7, 11) is 0. The molecule has 1 unspecified atom stereocenters. The van der Waals surface area contributed by atoms with Crippen LogP contribution in [-0.4, -0.2) is 30.2 Å². The molecule has 23 heavy (non-hydrogen) atoms. The standard InChI is InChI=1S/C17H19N3O3/c18-16-8-5-13(10-19-16)20-17(21)12-3-6-14(7-4-12)23-11-15-2-1-9-22-15/h3-8,10,15H,1-2,9,11H2,(H2,18,19)(H,20,21). The number of carbonyl (C=O) groups is 1. The summed E-state index contributed by atoms with van der Waals surface area (Å²) in [4.78, 5) is 16.1. The van der Waals surface area contributed by atoms with Crippen LogP contribution in [0.1, 0.15) is 23.2 Å². The molecule has 1 aromatic carbocycles. The molecule has 0 radical (unpaired) electrons. The fourth-order valence-corrected chi connectivity index (χ4v) is 2.35. The maximum absolute atomic E-state index is 12.1. The Labute approximate surface area is 134 Å². The lowest BCUT2D eigenvalue weighted by Crippen LogP contribution is -2.16. The van der Waals surface area contributed by atoms with Gasteiger partial charge in [-0.15, -0.1) is 0 Å². The van der Waals surface area contributed by atoms with Crippen molar-refractivity contribution in [3.8, 4) is 5.75 Å². The molecule has 3 N–H and O–H groups in total. The molecule has 3 rings (SSSR count). The molecular formula is C17H19N3O3. The van der Waals surface area contributed by atoms with Gasteiger partial charge in [-0.2, -0.15) is 0 Å². The van der Waals surface area contributed by atoms with E-state index in [4.69, 9.17) is 15.2 Å². The fraction of sp³-hybridized carbons (Fsp3) is 0.294. The molecule has 1 amide bonds. The number of amides is 1. The number of nitrogens with zero attached hydrogens (tertiary/aromatic N) is 1. The van der Waals surface area contributed by atoms with Crippen LogP contribution in [0, 0.1) is 0 Å². The second kappa shape index (κ2) is 7.11. The van der Waals surface area contributed by atoms with Gasteiger partial charge in [-0.05, 0) is 49.2 Å². The molecule has 1 saturated heterocycles. The van der Waals surface area contributed by atoms with E-state index in [-0.39, 0.29) is 12.0 Å². The van der Waals surface area contributed by atoms with Crippen molar-refractivity contribution in [1.82, 2.24) is 4.98 Å². The molecule has 0 bridgehead atoms. The number of hydrogen-bond acceptors (Lipinski definition) is 5. The second-order valence-electron chi connectivity index (χ2n) is 5.40. The van der Waals surface area contributed by atoms with Crippen molar-refractivity contribution in [2.75, 3.05) is 24.3 Å². The first-order valence-electron chi connectivity index (χ1n) is 7.58. The van der Waals surface area contributed by atoms with Crippen LogP contribution in [0.15, 0.2) is 42.6 Å². The first kappa shape index (κ1) is 15.3. The number of pyridine rings is 1. The summed E-state index contributed by atoms with van der Waals surface area (Å²) in [6, 6.07) is 10.4. The van der Waals surface area contributed by atoms with E-state index in [0.29, 0.717) is 23.7 Å². The molecule has 2 aromatic rings. The van der Waals surface area contributed by atoms with Gasteiger partial charge in [0.15, 0.2) is 0 Å². The second-order valence-corrected chi connectivity index (χ2v) is 5.40. The molecule has 2 heterocycles. The molecule has 120 valence electrons. The van der Waals surface area contributed by atoms with E-state index in [1.807, 2.05) is 0 Å². The minimum Gasteiger partial charge on any atom is -0.491 e. The Morgan fingerprint density at radius 1 is 1.30 bits per heavy atom. The van der Waals surface area contributed by atoms with E-state index >= 15 is 0 Å². The fourth-order valence-electron chi connectivity index (χ4n) is 2.35. The van der Waals surface area contributed by atoms with Crippen LogP contribution >= 0.6 is 0 Å². The molecule has 0 spiro atoms. The average molecular weight is 313 g/mol. The van der Waals surface area contributed by atoms with Crippen molar-refractivity contribution in [3.05, 3.63) is 48.2 Å². The first-order valence-corrected chi connectivity index (χ1v) is 7.58. The number of hydrogen-bond donors (Lipinski definition) is 2. The van der Waals surface area contributed by atoms with Crippen LogP contribution in [0.2, 0.25) is 0 Å². The van der Waals surface area contributed by atoms with Gasteiger partial charge in [0.2, 0.25) is 0 Å². The molecule has 1 aliphatic rings. The van der Waals surface area contributed by atoms with Gasteiger partial charge < -0.3 is 20.5 Å². The lowest BCUT2D eigenvalue weighted by Gasteiger charge is -2.11. The smallest absolute Gasteiger partial charge is 0.255 e. The van der Waals surface area contributed by atoms with Crippen molar-refractivity contribution >= 4 is 17.4 Å². The molecule has 1 aromatic heterocycles. The maximum atomic E-state index is 12.1. The third-order valence-electron chi connectivity index (χ3n) is 3.62. The van der Waals surface area contributed by atoms with Crippen molar-refractivity contribution in [2.45, 2.75) is 18.9 Å². The average Bonchev–Trinajstić information content (AvgIpc) is 3.09. The lowest BCUT2D eigenvalue weighted by molar-refractivity contribution is 0.0679. The highest BCUT2D eigenvalue weighted by Crippen LogP contribution is 2.17. The van der Waals surface area contributed by atoms with Gasteiger partial charge in [0.1, 0.15) is 18.2 Å². The number of rotatable bonds is 5. The number of aromatic nitrogens is 1. The molecule has 6 heteroatoms. The van der Waals surface area contributed by atoms with Crippen molar-refractivity contribution < 1.29 is 14.3 Å². The quantitative estimate of drug-likeness (QED) is 0.885. The number of ether oxygens (including phenoxy) is 2. The predicted octanol–water partition coefficient (Wildman–Crippen LogP) is 2.47. The van der Waals surface area contributed by atoms with Gasteiger partial charge in [0.25, 0.3) is 5.91 Å². The lowest BCUT2D eigenvalue weighted by atomic mass is 10.2. The Kier molecular flexibility index (Phi) is 4.73. The first-order chi connectivity index (χ1) is 11.2. The van der Waals surface area contributed by atoms with Gasteiger partial charge in [0.05, 0.1) is 18.0 Å². The number of carbonyl (C=O) groups excluding carboxylic acids is 1. The number of nitrogens with one attached hydrogen (secondary N) is 1. The maximum Gasteiger partial charge on any atom is 0.255 e. The molecule has 0 aliphatic carbocycles. The minimum absolute atomic E-state index is 0.177. The van der Waals surface area contributed by atoms with Crippen LogP contribution in [0.4, 0.5) is 11.5 Å². The minimum atomic E-state index is -0.206. The summed E-state index contributed by atoms with van der Waals surface area (Å²) in [6.07, 6.45) is 3.83. The van der Waals surface area contributed by atoms with Crippen LogP contribution in [0.3, 0.4) is 0 Å². The van der Waals surface area contributed by atoms with E-state index in [1.165, 1.54) is 6.20 Å². The molecule has 0 saturated carbocycles. The molecule has 6 nitrogen and oxygen atoms in total. The van der Waals surface area contributed by atoms with Crippen molar-refractivity contribution in [2.24, 2.45) is 0 Å². The van der Waals surface area contributed by atoms with Gasteiger partial charge in [-0.25, -0.2) is 4.98 Å². The number of nitrogens with two attached hydrogens (primary N) is 1. The monoisotopic (exact) mass is 313 g/mol. The zero-order valence-electron chi connectivity index (χ0n) is 12.7. The largest absolute Gasteiger partial charge is 0.491 e. The number of anilines is 2. The van der Waals surface area contributed by atoms with E-state index in [0.717, 1.165) is 25.2 Å². The summed E-state index contributed by atoms with van der Waals surface area (Å²) < 4.78 is 11.2. The summed E-state index contributed by atoms with van der Waals surface area (Å²) in [5.74, 6) is 0.934. The van der Waals surface area contributed by atoms with Crippen LogP contribution in [0.5, 0.6) is 5.75 Å². The number of nitrogen functional groups attached to an aromatic ring is 1. The van der Waals surface area contributed by atoms with Crippen LogP contribution in [-0.2, 0) is 4.74 Å². The zero-order chi connectivity index (χ0) is 16.1. The number of benzene rings is 1. The van der Waals surface area contributed by atoms with Gasteiger partial charge in [-0.1, -0.05) is 0 Å². The van der Waals surface area contributed by atoms with E-state index in [9.17, 15) is 4.79 Å².